The van der Waals surface area contributed by atoms with Gasteiger partial charge in [0.25, 0.3) is 0 Å². The first-order valence-electron chi connectivity index (χ1n) is 7.03. The lowest BCUT2D eigenvalue weighted by Crippen LogP contribution is -2.39. The number of rotatable bonds is 5. The number of halogens is 2. The smallest absolute Gasteiger partial charge is 0.241 e. The van der Waals surface area contributed by atoms with E-state index >= 15 is 0 Å². The molecule has 0 fully saturated rings. The fourth-order valence-corrected chi connectivity index (χ4v) is 2.33. The van der Waals surface area contributed by atoms with Crippen LogP contribution in [0.1, 0.15) is 25.5 Å². The molecule has 0 saturated heterocycles. The van der Waals surface area contributed by atoms with Crippen molar-refractivity contribution < 1.29 is 4.79 Å². The highest BCUT2D eigenvalue weighted by molar-refractivity contribution is 6.30. The molecule has 0 spiro atoms. The highest BCUT2D eigenvalue weighted by Gasteiger charge is 2.16. The summed E-state index contributed by atoms with van der Waals surface area (Å²) in [6, 6.07) is 14.3. The van der Waals surface area contributed by atoms with Gasteiger partial charge in [-0.1, -0.05) is 35.3 Å². The summed E-state index contributed by atoms with van der Waals surface area (Å²) in [7, 11) is 0. The van der Waals surface area contributed by atoms with Crippen LogP contribution in [0.2, 0.25) is 10.0 Å². The maximum Gasteiger partial charge on any atom is 0.241 e. The van der Waals surface area contributed by atoms with E-state index in [0.717, 1.165) is 11.3 Å². The van der Waals surface area contributed by atoms with Gasteiger partial charge >= 0.3 is 0 Å². The second-order valence-corrected chi connectivity index (χ2v) is 6.03. The van der Waals surface area contributed by atoms with Crippen molar-refractivity contribution in [1.29, 1.82) is 0 Å². The topological polar surface area (TPSA) is 41.1 Å². The summed E-state index contributed by atoms with van der Waals surface area (Å²) in [5.41, 5.74) is 1.80. The largest absolute Gasteiger partial charge is 0.325 e. The predicted octanol–water partition coefficient (Wildman–Crippen LogP) is 4.67. The van der Waals surface area contributed by atoms with E-state index in [1.54, 1.807) is 24.3 Å². The summed E-state index contributed by atoms with van der Waals surface area (Å²) in [5.74, 6) is -0.0943. The van der Waals surface area contributed by atoms with Gasteiger partial charge < -0.3 is 5.32 Å². The van der Waals surface area contributed by atoms with E-state index in [0.29, 0.717) is 10.0 Å². The molecule has 0 aromatic heterocycles. The second kappa shape index (κ2) is 7.63. The Hall–Kier alpha value is -1.55. The molecule has 116 valence electrons. The van der Waals surface area contributed by atoms with Gasteiger partial charge in [-0.05, 0) is 55.8 Å². The molecule has 0 bridgehead atoms. The van der Waals surface area contributed by atoms with E-state index in [2.05, 4.69) is 10.6 Å². The van der Waals surface area contributed by atoms with E-state index < -0.39 is 0 Å². The summed E-state index contributed by atoms with van der Waals surface area (Å²) in [4.78, 5) is 12.2. The van der Waals surface area contributed by atoms with Gasteiger partial charge in [-0.3, -0.25) is 10.1 Å². The summed E-state index contributed by atoms with van der Waals surface area (Å²) in [5, 5.41) is 7.46. The third-order valence-corrected chi connectivity index (χ3v) is 3.88. The van der Waals surface area contributed by atoms with Crippen LogP contribution in [0.4, 0.5) is 5.69 Å². The number of nitrogens with one attached hydrogen (secondary N) is 2. The van der Waals surface area contributed by atoms with Crippen LogP contribution in [-0.2, 0) is 4.79 Å². The molecule has 1 amide bonds. The summed E-state index contributed by atoms with van der Waals surface area (Å²) >= 11 is 11.7. The number of carbonyl (C=O) groups is 1. The van der Waals surface area contributed by atoms with Crippen LogP contribution in [-0.4, -0.2) is 11.9 Å². The maximum absolute atomic E-state index is 12.2. The first kappa shape index (κ1) is 16.8. The van der Waals surface area contributed by atoms with Crippen LogP contribution >= 0.6 is 23.2 Å². The molecule has 5 heteroatoms. The number of carbonyl (C=O) groups excluding carboxylic acids is 1. The van der Waals surface area contributed by atoms with Crippen LogP contribution in [0.25, 0.3) is 0 Å². The standard InChI is InChI=1S/C17H18Cl2N2O/c1-11(13-3-5-14(18)6-4-13)20-12(2)17(22)21-16-9-7-15(19)8-10-16/h3-12,20H,1-2H3,(H,21,22)/t11-,12-/m0/s1. The lowest BCUT2D eigenvalue weighted by molar-refractivity contribution is -0.117. The molecule has 2 aromatic carbocycles. The molecule has 0 saturated carbocycles. The number of hydrogen-bond acceptors (Lipinski definition) is 2. The van der Waals surface area contributed by atoms with Gasteiger partial charge in [-0.15, -0.1) is 0 Å². The minimum absolute atomic E-state index is 0.0447. The van der Waals surface area contributed by atoms with Crippen LogP contribution in [0.5, 0.6) is 0 Å². The minimum atomic E-state index is -0.332. The van der Waals surface area contributed by atoms with Crippen LogP contribution in [0.3, 0.4) is 0 Å². The molecule has 0 radical (unpaired) electrons. The molecule has 3 nitrogen and oxygen atoms in total. The molecule has 2 N–H and O–H groups in total. The van der Waals surface area contributed by atoms with Crippen LogP contribution in [0, 0.1) is 0 Å². The van der Waals surface area contributed by atoms with E-state index in [1.165, 1.54) is 0 Å². The molecular formula is C17H18Cl2N2O. The molecule has 0 aliphatic carbocycles. The van der Waals surface area contributed by atoms with Gasteiger partial charge in [0.05, 0.1) is 6.04 Å². The summed E-state index contributed by atoms with van der Waals surface area (Å²) in [6.45, 7) is 3.84. The number of hydrogen-bond donors (Lipinski definition) is 2. The molecule has 0 heterocycles. The Morgan fingerprint density at radius 2 is 1.41 bits per heavy atom. The average molecular weight is 337 g/mol. The number of amides is 1. The van der Waals surface area contributed by atoms with E-state index in [-0.39, 0.29) is 18.0 Å². The van der Waals surface area contributed by atoms with Gasteiger partial charge in [0, 0.05) is 21.8 Å². The number of anilines is 1. The quantitative estimate of drug-likeness (QED) is 0.832. The van der Waals surface area contributed by atoms with Crippen molar-refractivity contribution in [2.75, 3.05) is 5.32 Å². The van der Waals surface area contributed by atoms with Crippen LogP contribution < -0.4 is 10.6 Å². The molecular weight excluding hydrogens is 319 g/mol. The van der Waals surface area contributed by atoms with Gasteiger partial charge in [-0.2, -0.15) is 0 Å². The maximum atomic E-state index is 12.2. The highest BCUT2D eigenvalue weighted by atomic mass is 35.5. The SMILES string of the molecule is C[C@H](N[C@@H](C)c1ccc(Cl)cc1)C(=O)Nc1ccc(Cl)cc1. The minimum Gasteiger partial charge on any atom is -0.325 e. The Morgan fingerprint density at radius 3 is 1.95 bits per heavy atom. The Labute approximate surface area is 140 Å². The highest BCUT2D eigenvalue weighted by Crippen LogP contribution is 2.17. The van der Waals surface area contributed by atoms with Crippen molar-refractivity contribution in [2.45, 2.75) is 25.9 Å². The van der Waals surface area contributed by atoms with Crippen molar-refractivity contribution in [2.24, 2.45) is 0 Å². The molecule has 0 aliphatic rings. The second-order valence-electron chi connectivity index (χ2n) is 5.16. The Bertz CT molecular complexity index is 626. The number of benzene rings is 2. The Balaban J connectivity index is 1.93. The first-order chi connectivity index (χ1) is 10.5. The first-order valence-corrected chi connectivity index (χ1v) is 7.79. The molecule has 2 aromatic rings. The zero-order chi connectivity index (χ0) is 16.1. The third kappa shape index (κ3) is 4.73. The van der Waals surface area contributed by atoms with Gasteiger partial charge in [-0.25, -0.2) is 0 Å². The van der Waals surface area contributed by atoms with Crippen molar-refractivity contribution in [3.8, 4) is 0 Å². The van der Waals surface area contributed by atoms with E-state index in [9.17, 15) is 4.79 Å². The molecule has 0 aliphatic heterocycles. The summed E-state index contributed by atoms with van der Waals surface area (Å²) in [6.07, 6.45) is 0. The van der Waals surface area contributed by atoms with Crippen molar-refractivity contribution in [3.05, 3.63) is 64.1 Å². The lowest BCUT2D eigenvalue weighted by Gasteiger charge is -2.20. The zero-order valence-corrected chi connectivity index (χ0v) is 13.9. The van der Waals surface area contributed by atoms with Gasteiger partial charge in [0.2, 0.25) is 5.91 Å². The normalized spacial score (nSPS) is 13.5. The molecule has 22 heavy (non-hydrogen) atoms. The predicted molar refractivity (Wildman–Crippen MR) is 92.5 cm³/mol. The average Bonchev–Trinajstić information content (AvgIpc) is 2.50. The van der Waals surface area contributed by atoms with Gasteiger partial charge in [0.15, 0.2) is 0 Å². The molecule has 2 atom stereocenters. The Morgan fingerprint density at radius 1 is 0.909 bits per heavy atom. The van der Waals surface area contributed by atoms with Crippen molar-refractivity contribution >= 4 is 34.8 Å². The molecule has 2 rings (SSSR count). The fourth-order valence-electron chi connectivity index (χ4n) is 2.08. The van der Waals surface area contributed by atoms with Gasteiger partial charge in [0.1, 0.15) is 0 Å². The third-order valence-electron chi connectivity index (χ3n) is 3.38. The van der Waals surface area contributed by atoms with Crippen LogP contribution in [0.15, 0.2) is 48.5 Å². The monoisotopic (exact) mass is 336 g/mol. The molecule has 0 unspecified atom stereocenters. The van der Waals surface area contributed by atoms with Crippen molar-refractivity contribution in [1.82, 2.24) is 5.32 Å². The fraction of sp³-hybridized carbons (Fsp3) is 0.235. The van der Waals surface area contributed by atoms with E-state index in [1.807, 2.05) is 38.1 Å². The lowest BCUT2D eigenvalue weighted by atomic mass is 10.1. The Kier molecular flexibility index (Phi) is 5.83. The summed E-state index contributed by atoms with van der Waals surface area (Å²) < 4.78 is 0. The van der Waals surface area contributed by atoms with E-state index in [4.69, 9.17) is 23.2 Å². The van der Waals surface area contributed by atoms with Crippen molar-refractivity contribution in [3.63, 3.8) is 0 Å². The zero-order valence-electron chi connectivity index (χ0n) is 12.4.